The van der Waals surface area contributed by atoms with E-state index in [1.807, 2.05) is 6.07 Å². The Kier molecular flexibility index (Phi) is 3.43. The Morgan fingerprint density at radius 3 is 2.47 bits per heavy atom. The summed E-state index contributed by atoms with van der Waals surface area (Å²) in [6.07, 6.45) is 2.54. The van der Waals surface area contributed by atoms with Crippen molar-refractivity contribution >= 4 is 10.8 Å². The molecule has 0 saturated carbocycles. The summed E-state index contributed by atoms with van der Waals surface area (Å²) in [5, 5.41) is 2.58. The lowest BCUT2D eigenvalue weighted by molar-refractivity contribution is 0.255. The van der Waals surface area contributed by atoms with Crippen molar-refractivity contribution in [3.05, 3.63) is 42.0 Å². The van der Waals surface area contributed by atoms with Gasteiger partial charge in [0.1, 0.15) is 5.75 Å². The largest absolute Gasteiger partial charge is 0.497 e. The number of ether oxygens (including phenoxy) is 1. The highest BCUT2D eigenvalue weighted by atomic mass is 16.5. The lowest BCUT2D eigenvalue weighted by Gasteiger charge is -2.29. The zero-order valence-corrected chi connectivity index (χ0v) is 11.7. The second-order valence-electron chi connectivity index (χ2n) is 5.55. The second kappa shape index (κ2) is 5.22. The number of hydrogen-bond donors (Lipinski definition) is 0. The van der Waals surface area contributed by atoms with Crippen LogP contribution >= 0.6 is 0 Å². The van der Waals surface area contributed by atoms with Gasteiger partial charge in [0.05, 0.1) is 7.11 Å². The molecule has 19 heavy (non-hydrogen) atoms. The topological polar surface area (TPSA) is 12.5 Å². The van der Waals surface area contributed by atoms with Crippen molar-refractivity contribution < 1.29 is 4.74 Å². The van der Waals surface area contributed by atoms with Gasteiger partial charge in [-0.05, 0) is 67.4 Å². The van der Waals surface area contributed by atoms with Crippen LogP contribution in [0.3, 0.4) is 0 Å². The first-order valence-electron chi connectivity index (χ1n) is 7.02. The molecule has 100 valence electrons. The monoisotopic (exact) mass is 255 g/mol. The Labute approximate surface area is 115 Å². The minimum Gasteiger partial charge on any atom is -0.497 e. The van der Waals surface area contributed by atoms with Crippen LogP contribution in [0.4, 0.5) is 0 Å². The van der Waals surface area contributed by atoms with Gasteiger partial charge in [-0.25, -0.2) is 0 Å². The zero-order chi connectivity index (χ0) is 13.2. The highest BCUT2D eigenvalue weighted by Crippen LogP contribution is 2.30. The fourth-order valence-electron chi connectivity index (χ4n) is 2.97. The van der Waals surface area contributed by atoms with E-state index in [-0.39, 0.29) is 0 Å². The van der Waals surface area contributed by atoms with E-state index in [1.54, 1.807) is 7.11 Å². The maximum absolute atomic E-state index is 5.32. The first kappa shape index (κ1) is 12.5. The minimum atomic E-state index is 0.715. The van der Waals surface area contributed by atoms with Crippen molar-refractivity contribution in [2.45, 2.75) is 18.8 Å². The summed E-state index contributed by atoms with van der Waals surface area (Å²) in [5.41, 5.74) is 1.48. The molecule has 1 heterocycles. The minimum absolute atomic E-state index is 0.715. The second-order valence-corrected chi connectivity index (χ2v) is 5.55. The lowest BCUT2D eigenvalue weighted by atomic mass is 9.88. The summed E-state index contributed by atoms with van der Waals surface area (Å²) in [7, 11) is 3.93. The Morgan fingerprint density at radius 2 is 1.74 bits per heavy atom. The zero-order valence-electron chi connectivity index (χ0n) is 11.7. The Morgan fingerprint density at radius 1 is 1.00 bits per heavy atom. The van der Waals surface area contributed by atoms with E-state index in [0.29, 0.717) is 5.92 Å². The average molecular weight is 255 g/mol. The summed E-state index contributed by atoms with van der Waals surface area (Å²) < 4.78 is 5.32. The van der Waals surface area contributed by atoms with Crippen LogP contribution in [-0.2, 0) is 0 Å². The summed E-state index contributed by atoms with van der Waals surface area (Å²) in [5.74, 6) is 1.65. The third-order valence-electron chi connectivity index (χ3n) is 4.26. The van der Waals surface area contributed by atoms with Crippen LogP contribution in [0.1, 0.15) is 24.3 Å². The number of fused-ring (bicyclic) bond motifs is 1. The quantitative estimate of drug-likeness (QED) is 0.812. The molecule has 0 aliphatic carbocycles. The molecule has 0 aromatic heterocycles. The molecule has 2 heteroatoms. The fraction of sp³-hybridized carbons (Fsp3) is 0.412. The van der Waals surface area contributed by atoms with Crippen molar-refractivity contribution in [1.29, 1.82) is 0 Å². The van der Waals surface area contributed by atoms with Crippen molar-refractivity contribution in [3.8, 4) is 5.75 Å². The van der Waals surface area contributed by atoms with E-state index < -0.39 is 0 Å². The molecule has 0 spiro atoms. The van der Waals surface area contributed by atoms with E-state index in [2.05, 4.69) is 42.3 Å². The Balaban J connectivity index is 1.91. The average Bonchev–Trinajstić information content (AvgIpc) is 2.47. The van der Waals surface area contributed by atoms with Gasteiger partial charge in [0.15, 0.2) is 0 Å². The summed E-state index contributed by atoms with van der Waals surface area (Å²) >= 11 is 0. The molecule has 0 N–H and O–H groups in total. The van der Waals surface area contributed by atoms with Gasteiger partial charge in [0, 0.05) is 0 Å². The van der Waals surface area contributed by atoms with E-state index in [4.69, 9.17) is 4.74 Å². The lowest BCUT2D eigenvalue weighted by Crippen LogP contribution is -2.29. The highest BCUT2D eigenvalue weighted by molar-refractivity contribution is 5.84. The number of methoxy groups -OCH3 is 1. The summed E-state index contributed by atoms with van der Waals surface area (Å²) in [6.45, 7) is 2.42. The van der Waals surface area contributed by atoms with Gasteiger partial charge in [-0.1, -0.05) is 24.3 Å². The number of benzene rings is 2. The molecular formula is C17H21NO. The van der Waals surface area contributed by atoms with E-state index in [9.17, 15) is 0 Å². The molecule has 0 unspecified atom stereocenters. The van der Waals surface area contributed by atoms with Gasteiger partial charge >= 0.3 is 0 Å². The smallest absolute Gasteiger partial charge is 0.119 e. The number of piperidine rings is 1. The number of hydrogen-bond acceptors (Lipinski definition) is 2. The van der Waals surface area contributed by atoms with Gasteiger partial charge in [0.25, 0.3) is 0 Å². The number of likely N-dealkylation sites (tertiary alicyclic amines) is 1. The highest BCUT2D eigenvalue weighted by Gasteiger charge is 2.18. The van der Waals surface area contributed by atoms with Crippen LogP contribution in [0.25, 0.3) is 10.8 Å². The molecule has 1 aliphatic rings. The fourth-order valence-corrected chi connectivity index (χ4v) is 2.97. The van der Waals surface area contributed by atoms with Gasteiger partial charge in [-0.2, -0.15) is 0 Å². The van der Waals surface area contributed by atoms with Crippen LogP contribution in [-0.4, -0.2) is 32.1 Å². The van der Waals surface area contributed by atoms with Gasteiger partial charge in [-0.15, -0.1) is 0 Å². The molecule has 3 rings (SSSR count). The molecule has 0 amide bonds. The van der Waals surface area contributed by atoms with E-state index in [0.717, 1.165) is 5.75 Å². The number of nitrogens with zero attached hydrogens (tertiary/aromatic N) is 1. The van der Waals surface area contributed by atoms with Gasteiger partial charge in [0.2, 0.25) is 0 Å². The van der Waals surface area contributed by atoms with E-state index >= 15 is 0 Å². The molecule has 0 atom stereocenters. The Bertz CT molecular complexity index is 570. The molecule has 0 radical (unpaired) electrons. The van der Waals surface area contributed by atoms with Gasteiger partial charge in [-0.3, -0.25) is 0 Å². The molecule has 2 aromatic rings. The standard InChI is InChI=1S/C17H21NO/c1-18-9-7-14(8-10-18)15-4-3-13-5-6-17(19-2)12-16(13)11-15/h3-6,11-12,14H,7-10H2,1-2H3. The summed E-state index contributed by atoms with van der Waals surface area (Å²) in [4.78, 5) is 2.42. The van der Waals surface area contributed by atoms with Crippen molar-refractivity contribution in [1.82, 2.24) is 4.90 Å². The summed E-state index contributed by atoms with van der Waals surface area (Å²) in [6, 6.07) is 13.2. The molecule has 2 nitrogen and oxygen atoms in total. The molecule has 1 aliphatic heterocycles. The van der Waals surface area contributed by atoms with Crippen molar-refractivity contribution in [2.24, 2.45) is 0 Å². The van der Waals surface area contributed by atoms with Crippen LogP contribution in [0, 0.1) is 0 Å². The molecule has 2 aromatic carbocycles. The SMILES string of the molecule is COc1ccc2ccc(C3CCN(C)CC3)cc2c1. The van der Waals surface area contributed by atoms with Crippen molar-refractivity contribution in [3.63, 3.8) is 0 Å². The normalized spacial score (nSPS) is 17.8. The first-order chi connectivity index (χ1) is 9.26. The van der Waals surface area contributed by atoms with Crippen LogP contribution in [0.15, 0.2) is 36.4 Å². The van der Waals surface area contributed by atoms with E-state index in [1.165, 1.54) is 42.3 Å². The van der Waals surface area contributed by atoms with Crippen LogP contribution < -0.4 is 4.74 Å². The molecule has 0 bridgehead atoms. The molecule has 1 saturated heterocycles. The third kappa shape index (κ3) is 2.59. The maximum atomic E-state index is 5.32. The first-order valence-corrected chi connectivity index (χ1v) is 7.02. The van der Waals surface area contributed by atoms with Crippen LogP contribution in [0.5, 0.6) is 5.75 Å². The third-order valence-corrected chi connectivity index (χ3v) is 4.26. The van der Waals surface area contributed by atoms with Crippen LogP contribution in [0.2, 0.25) is 0 Å². The maximum Gasteiger partial charge on any atom is 0.119 e. The van der Waals surface area contributed by atoms with Crippen molar-refractivity contribution in [2.75, 3.05) is 27.2 Å². The predicted octanol–water partition coefficient (Wildman–Crippen LogP) is 3.66. The Hall–Kier alpha value is -1.54. The van der Waals surface area contributed by atoms with Gasteiger partial charge < -0.3 is 9.64 Å². The predicted molar refractivity (Wildman–Crippen MR) is 80.0 cm³/mol. The number of rotatable bonds is 2. The molecular weight excluding hydrogens is 234 g/mol. The molecule has 1 fully saturated rings.